The quantitative estimate of drug-likeness (QED) is 0.102. The number of carbonyl (C=O) groups is 1. The molecule has 1 N–H and O–H groups in total. The molecular weight excluding hydrogens is 672 g/mol. The Balaban J connectivity index is 0.00000168. The van der Waals surface area contributed by atoms with E-state index in [9.17, 15) is 0 Å². The van der Waals surface area contributed by atoms with Crippen molar-refractivity contribution in [3.05, 3.63) is 111 Å². The van der Waals surface area contributed by atoms with Gasteiger partial charge in [-0.05, 0) is 143 Å². The molecule has 2 aliphatic heterocycles. The number of aryl methyl sites for hydroxylation is 2. The van der Waals surface area contributed by atoms with Gasteiger partial charge in [-0.1, -0.05) is 66.6 Å². The summed E-state index contributed by atoms with van der Waals surface area (Å²) in [6.07, 6.45) is 7.48. The Bertz CT molecular complexity index is 1740. The predicted molar refractivity (Wildman–Crippen MR) is 211 cm³/mol. The zero-order chi connectivity index (χ0) is 36.9. The Morgan fingerprint density at radius 3 is 1.98 bits per heavy atom. The van der Waals surface area contributed by atoms with Crippen molar-refractivity contribution in [2.45, 2.75) is 86.0 Å². The molecule has 0 aromatic heterocycles. The van der Waals surface area contributed by atoms with Gasteiger partial charge in [-0.25, -0.2) is 0 Å². The monoisotopic (exact) mass is 726 g/mol. The van der Waals surface area contributed by atoms with Gasteiger partial charge in [0.05, 0.1) is 11.6 Å². The number of hydrogen-bond donors (Lipinski definition) is 1. The molecule has 0 atom stereocenters. The Labute approximate surface area is 315 Å². The number of likely N-dealkylation sites (tertiary alicyclic amines) is 2. The molecule has 0 bridgehead atoms. The van der Waals surface area contributed by atoms with Crippen molar-refractivity contribution in [2.75, 3.05) is 39.3 Å². The molecule has 2 fully saturated rings. The highest BCUT2D eigenvalue weighted by molar-refractivity contribution is 6.32. The second-order valence-electron chi connectivity index (χ2n) is 14.0. The molecular formula is C44H55ClN2O5. The van der Waals surface area contributed by atoms with E-state index in [1.54, 1.807) is 0 Å². The lowest BCUT2D eigenvalue weighted by molar-refractivity contribution is -0.122. The number of rotatable bonds is 14. The molecule has 7 nitrogen and oxygen atoms in total. The Morgan fingerprint density at radius 1 is 0.673 bits per heavy atom. The standard InChI is InChI=1S/C43H53ClN2O3.CH2O2/c1-31-14-10-15-32(2)39(31)30-49-42-27-43(40(44)26-36(42)28-46-22-6-5-7-23-46)48-29-35-16-11-17-37(33(35)3)38-18-12-19-41(34(38)4)47-25-13-24-45-20-8-9-21-45;2-1-3/h10-12,14-19,26-27H,5-9,13,20-25,28-30H2,1-4H3;1H,(H,2,3). The molecule has 8 heteroatoms. The first-order valence-electron chi connectivity index (χ1n) is 18.8. The third-order valence-corrected chi connectivity index (χ3v) is 10.7. The van der Waals surface area contributed by atoms with Gasteiger partial charge in [-0.15, -0.1) is 0 Å². The summed E-state index contributed by atoms with van der Waals surface area (Å²) in [4.78, 5) is 13.4. The maximum Gasteiger partial charge on any atom is 0.290 e. The number of carboxylic acid groups (broad SMARTS) is 1. The van der Waals surface area contributed by atoms with Gasteiger partial charge in [0, 0.05) is 24.7 Å². The summed E-state index contributed by atoms with van der Waals surface area (Å²) in [6.45, 7) is 16.7. The van der Waals surface area contributed by atoms with Crippen LogP contribution in [0, 0.1) is 27.7 Å². The molecule has 6 rings (SSSR count). The number of ether oxygens (including phenoxy) is 3. The van der Waals surface area contributed by atoms with Gasteiger partial charge in [0.25, 0.3) is 6.47 Å². The largest absolute Gasteiger partial charge is 0.493 e. The van der Waals surface area contributed by atoms with Gasteiger partial charge in [0.15, 0.2) is 0 Å². The highest BCUT2D eigenvalue weighted by Gasteiger charge is 2.19. The lowest BCUT2D eigenvalue weighted by Gasteiger charge is -2.27. The lowest BCUT2D eigenvalue weighted by atomic mass is 9.93. The van der Waals surface area contributed by atoms with Crippen LogP contribution in [-0.2, 0) is 24.6 Å². The minimum Gasteiger partial charge on any atom is -0.493 e. The van der Waals surface area contributed by atoms with Crippen LogP contribution < -0.4 is 14.2 Å². The summed E-state index contributed by atoms with van der Waals surface area (Å²) in [5, 5.41) is 7.51. The van der Waals surface area contributed by atoms with Crippen LogP contribution in [0.1, 0.15) is 77.5 Å². The van der Waals surface area contributed by atoms with E-state index in [2.05, 4.69) is 98.2 Å². The number of nitrogens with zero attached hydrogens (tertiary/aromatic N) is 2. The Hall–Kier alpha value is -4.04. The zero-order valence-electron chi connectivity index (χ0n) is 31.4. The van der Waals surface area contributed by atoms with Crippen molar-refractivity contribution in [1.82, 2.24) is 9.80 Å². The molecule has 2 heterocycles. The van der Waals surface area contributed by atoms with Gasteiger partial charge in [0.2, 0.25) is 0 Å². The van der Waals surface area contributed by atoms with Crippen LogP contribution in [0.4, 0.5) is 0 Å². The van der Waals surface area contributed by atoms with Gasteiger partial charge < -0.3 is 24.2 Å². The van der Waals surface area contributed by atoms with E-state index < -0.39 is 0 Å². The van der Waals surface area contributed by atoms with Crippen LogP contribution in [0.5, 0.6) is 17.2 Å². The molecule has 0 aliphatic carbocycles. The molecule has 52 heavy (non-hydrogen) atoms. The maximum atomic E-state index is 8.36. The highest BCUT2D eigenvalue weighted by atomic mass is 35.5. The van der Waals surface area contributed by atoms with E-state index in [0.717, 1.165) is 61.8 Å². The second kappa shape index (κ2) is 19.7. The molecule has 4 aromatic rings. The average Bonchev–Trinajstić information content (AvgIpc) is 3.66. The first kappa shape index (κ1) is 39.2. The van der Waals surface area contributed by atoms with Crippen molar-refractivity contribution in [3.63, 3.8) is 0 Å². The zero-order valence-corrected chi connectivity index (χ0v) is 32.1. The Morgan fingerprint density at radius 2 is 1.27 bits per heavy atom. The molecule has 278 valence electrons. The van der Waals surface area contributed by atoms with Gasteiger partial charge >= 0.3 is 0 Å². The Kier molecular flexibility index (Phi) is 14.8. The predicted octanol–water partition coefficient (Wildman–Crippen LogP) is 9.95. The van der Waals surface area contributed by atoms with Crippen LogP contribution >= 0.6 is 11.6 Å². The fraction of sp³-hybridized carbons (Fsp3) is 0.432. The van der Waals surface area contributed by atoms with Crippen LogP contribution in [0.15, 0.2) is 66.7 Å². The molecule has 0 radical (unpaired) electrons. The molecule has 0 amide bonds. The smallest absolute Gasteiger partial charge is 0.290 e. The number of piperidine rings is 1. The molecule has 4 aromatic carbocycles. The first-order chi connectivity index (χ1) is 25.3. The van der Waals surface area contributed by atoms with E-state index in [4.69, 9.17) is 35.7 Å². The number of benzene rings is 4. The van der Waals surface area contributed by atoms with E-state index in [0.29, 0.717) is 24.0 Å². The summed E-state index contributed by atoms with van der Waals surface area (Å²) in [7, 11) is 0. The van der Waals surface area contributed by atoms with Crippen molar-refractivity contribution in [2.24, 2.45) is 0 Å². The third-order valence-electron chi connectivity index (χ3n) is 10.5. The van der Waals surface area contributed by atoms with Crippen molar-refractivity contribution < 1.29 is 24.1 Å². The molecule has 2 saturated heterocycles. The number of halogens is 1. The molecule has 0 spiro atoms. The van der Waals surface area contributed by atoms with Crippen LogP contribution in [0.25, 0.3) is 11.1 Å². The molecule has 0 unspecified atom stereocenters. The highest BCUT2D eigenvalue weighted by Crippen LogP contribution is 2.37. The normalized spacial score (nSPS) is 14.8. The number of hydrogen-bond acceptors (Lipinski definition) is 6. The van der Waals surface area contributed by atoms with Crippen LogP contribution in [0.2, 0.25) is 5.02 Å². The van der Waals surface area contributed by atoms with Gasteiger partial charge in [0.1, 0.15) is 30.5 Å². The van der Waals surface area contributed by atoms with Gasteiger partial charge in [-0.3, -0.25) is 9.69 Å². The second-order valence-corrected chi connectivity index (χ2v) is 14.5. The molecule has 2 aliphatic rings. The summed E-state index contributed by atoms with van der Waals surface area (Å²) < 4.78 is 19.4. The van der Waals surface area contributed by atoms with E-state index >= 15 is 0 Å². The van der Waals surface area contributed by atoms with E-state index in [1.807, 2.05) is 6.07 Å². The lowest BCUT2D eigenvalue weighted by Crippen LogP contribution is -2.29. The minimum absolute atomic E-state index is 0.250. The first-order valence-corrected chi connectivity index (χ1v) is 19.1. The molecule has 0 saturated carbocycles. The van der Waals surface area contributed by atoms with Crippen LogP contribution in [-0.4, -0.2) is 60.7 Å². The summed E-state index contributed by atoms with van der Waals surface area (Å²) in [5.41, 5.74) is 10.7. The summed E-state index contributed by atoms with van der Waals surface area (Å²) in [5.74, 6) is 2.45. The fourth-order valence-corrected chi connectivity index (χ4v) is 7.60. The van der Waals surface area contributed by atoms with Crippen molar-refractivity contribution >= 4 is 18.1 Å². The summed E-state index contributed by atoms with van der Waals surface area (Å²) in [6, 6.07) is 23.3. The fourth-order valence-electron chi connectivity index (χ4n) is 7.36. The summed E-state index contributed by atoms with van der Waals surface area (Å²) >= 11 is 6.93. The van der Waals surface area contributed by atoms with Crippen molar-refractivity contribution in [3.8, 4) is 28.4 Å². The van der Waals surface area contributed by atoms with Crippen molar-refractivity contribution in [1.29, 1.82) is 0 Å². The average molecular weight is 727 g/mol. The third kappa shape index (κ3) is 10.5. The SMILES string of the molecule is Cc1cccc(C)c1COc1cc(OCc2cccc(-c3cccc(OCCCN4CCCC4)c3C)c2C)c(Cl)cc1CN1CCCCC1.O=CO. The van der Waals surface area contributed by atoms with E-state index in [1.165, 1.54) is 84.1 Å². The van der Waals surface area contributed by atoms with Crippen LogP contribution in [0.3, 0.4) is 0 Å². The maximum absolute atomic E-state index is 8.36. The van der Waals surface area contributed by atoms with E-state index in [-0.39, 0.29) is 6.47 Å². The van der Waals surface area contributed by atoms with Gasteiger partial charge in [-0.2, -0.15) is 0 Å². The minimum atomic E-state index is -0.250. The topological polar surface area (TPSA) is 71.5 Å².